The van der Waals surface area contributed by atoms with Gasteiger partial charge < -0.3 is 15.4 Å². The lowest BCUT2D eigenvalue weighted by atomic mass is 9.81. The summed E-state index contributed by atoms with van der Waals surface area (Å²) in [6.07, 6.45) is 3.22. The van der Waals surface area contributed by atoms with E-state index in [1.165, 1.54) is 0 Å². The van der Waals surface area contributed by atoms with Crippen molar-refractivity contribution in [1.82, 2.24) is 10.3 Å². The van der Waals surface area contributed by atoms with E-state index in [0.717, 1.165) is 23.0 Å². The molecular weight excluding hydrogens is 228 g/mol. The first kappa shape index (κ1) is 11.3. The predicted octanol–water partition coefficient (Wildman–Crippen LogP) is 1.77. The van der Waals surface area contributed by atoms with Gasteiger partial charge in [-0.3, -0.25) is 4.79 Å². The molecule has 1 aromatic heterocycles. The second kappa shape index (κ2) is 4.14. The fourth-order valence-electron chi connectivity index (χ4n) is 2.80. The monoisotopic (exact) mass is 244 g/mol. The fraction of sp³-hybridized carbons (Fsp3) is 0.357. The van der Waals surface area contributed by atoms with Crippen molar-refractivity contribution in [1.29, 1.82) is 0 Å². The Labute approximate surface area is 105 Å². The Morgan fingerprint density at radius 1 is 1.39 bits per heavy atom. The van der Waals surface area contributed by atoms with Gasteiger partial charge in [0.2, 0.25) is 0 Å². The third-order valence-corrected chi connectivity index (χ3v) is 3.90. The number of carboxylic acids is 1. The lowest BCUT2D eigenvalue weighted by Gasteiger charge is -2.22. The average Bonchev–Trinajstić information content (AvgIpc) is 2.99. The van der Waals surface area contributed by atoms with Crippen LogP contribution < -0.4 is 5.32 Å². The van der Waals surface area contributed by atoms with Gasteiger partial charge in [-0.05, 0) is 31.0 Å². The number of carboxylic acid groups (broad SMARTS) is 1. The predicted molar refractivity (Wildman–Crippen MR) is 69.6 cm³/mol. The first-order valence-corrected chi connectivity index (χ1v) is 6.20. The highest BCUT2D eigenvalue weighted by atomic mass is 16.4. The molecule has 1 aromatic carbocycles. The number of H-pyrrole nitrogens is 1. The molecule has 0 amide bonds. The normalized spacial score (nSPS) is 23.6. The van der Waals surface area contributed by atoms with E-state index in [1.807, 2.05) is 30.5 Å². The van der Waals surface area contributed by atoms with Crippen LogP contribution in [0.3, 0.4) is 0 Å². The number of nitrogens with one attached hydrogen (secondary N) is 2. The summed E-state index contributed by atoms with van der Waals surface area (Å²) in [6.45, 7) is 1.34. The zero-order valence-corrected chi connectivity index (χ0v) is 10.1. The summed E-state index contributed by atoms with van der Waals surface area (Å²) in [5, 5.41) is 13.8. The van der Waals surface area contributed by atoms with E-state index >= 15 is 0 Å². The lowest BCUT2D eigenvalue weighted by molar-refractivity contribution is -0.147. The Bertz CT molecular complexity index is 582. The number of aromatic amines is 1. The zero-order chi connectivity index (χ0) is 12.6. The zero-order valence-electron chi connectivity index (χ0n) is 10.1. The second-order valence-electron chi connectivity index (χ2n) is 5.05. The van der Waals surface area contributed by atoms with Gasteiger partial charge in [-0.2, -0.15) is 0 Å². The van der Waals surface area contributed by atoms with Crippen LogP contribution in [0.1, 0.15) is 12.0 Å². The molecule has 3 N–H and O–H groups in total. The van der Waals surface area contributed by atoms with E-state index in [0.29, 0.717) is 19.4 Å². The van der Waals surface area contributed by atoms with Gasteiger partial charge in [-0.1, -0.05) is 18.2 Å². The summed E-state index contributed by atoms with van der Waals surface area (Å²) in [7, 11) is 0. The van der Waals surface area contributed by atoms with Gasteiger partial charge in [0.15, 0.2) is 0 Å². The third kappa shape index (κ3) is 1.69. The minimum absolute atomic E-state index is 0.557. The molecule has 2 aromatic rings. The van der Waals surface area contributed by atoms with Crippen molar-refractivity contribution < 1.29 is 9.90 Å². The van der Waals surface area contributed by atoms with Gasteiger partial charge in [0.25, 0.3) is 0 Å². The number of aromatic nitrogens is 1. The van der Waals surface area contributed by atoms with Crippen molar-refractivity contribution in [3.8, 4) is 0 Å². The van der Waals surface area contributed by atoms with Crippen LogP contribution in [0.2, 0.25) is 0 Å². The van der Waals surface area contributed by atoms with Gasteiger partial charge >= 0.3 is 5.97 Å². The number of aliphatic carboxylic acids is 1. The van der Waals surface area contributed by atoms with Crippen molar-refractivity contribution >= 4 is 16.9 Å². The van der Waals surface area contributed by atoms with Crippen molar-refractivity contribution in [2.45, 2.75) is 12.8 Å². The minimum Gasteiger partial charge on any atom is -0.481 e. The molecule has 1 fully saturated rings. The maximum atomic E-state index is 11.5. The molecule has 0 saturated carbocycles. The van der Waals surface area contributed by atoms with Crippen LogP contribution in [-0.4, -0.2) is 29.1 Å². The van der Waals surface area contributed by atoms with Crippen molar-refractivity contribution in [3.63, 3.8) is 0 Å². The Balaban J connectivity index is 1.98. The summed E-state index contributed by atoms with van der Waals surface area (Å²) in [5.41, 5.74) is 1.51. The molecule has 4 nitrogen and oxygen atoms in total. The van der Waals surface area contributed by atoms with Gasteiger partial charge in [0.05, 0.1) is 5.41 Å². The van der Waals surface area contributed by atoms with E-state index in [1.54, 1.807) is 0 Å². The molecule has 0 spiro atoms. The summed E-state index contributed by atoms with van der Waals surface area (Å²) in [6, 6.07) is 8.02. The fourth-order valence-corrected chi connectivity index (χ4v) is 2.80. The van der Waals surface area contributed by atoms with E-state index < -0.39 is 11.4 Å². The number of hydrogen-bond acceptors (Lipinski definition) is 2. The third-order valence-electron chi connectivity index (χ3n) is 3.90. The Hall–Kier alpha value is -1.81. The first-order chi connectivity index (χ1) is 8.71. The molecule has 0 bridgehead atoms. The molecular formula is C14H16N2O2. The number of hydrogen-bond donors (Lipinski definition) is 3. The largest absolute Gasteiger partial charge is 0.481 e. The van der Waals surface area contributed by atoms with E-state index in [2.05, 4.69) is 10.3 Å². The Morgan fingerprint density at radius 3 is 2.94 bits per heavy atom. The van der Waals surface area contributed by atoms with Crippen LogP contribution >= 0.6 is 0 Å². The highest BCUT2D eigenvalue weighted by molar-refractivity contribution is 5.84. The smallest absolute Gasteiger partial charge is 0.311 e. The second-order valence-corrected chi connectivity index (χ2v) is 5.05. The molecule has 0 aliphatic carbocycles. The number of carbonyl (C=O) groups is 1. The highest BCUT2D eigenvalue weighted by Gasteiger charge is 2.41. The molecule has 4 heteroatoms. The van der Waals surface area contributed by atoms with E-state index in [-0.39, 0.29) is 0 Å². The molecule has 2 heterocycles. The molecule has 3 rings (SSSR count). The van der Waals surface area contributed by atoms with Crippen LogP contribution in [0.25, 0.3) is 10.9 Å². The Kier molecular flexibility index (Phi) is 2.59. The van der Waals surface area contributed by atoms with E-state index in [4.69, 9.17) is 0 Å². The molecule has 1 atom stereocenters. The molecule has 0 radical (unpaired) electrons. The van der Waals surface area contributed by atoms with Gasteiger partial charge in [0.1, 0.15) is 0 Å². The van der Waals surface area contributed by atoms with Crippen LogP contribution in [0.5, 0.6) is 0 Å². The SMILES string of the molecule is O=C(O)C1(Cc2c[nH]c3ccccc23)CCNC1. The van der Waals surface area contributed by atoms with Crippen LogP contribution in [0.4, 0.5) is 0 Å². The van der Waals surface area contributed by atoms with Crippen molar-refractivity contribution in [3.05, 3.63) is 36.0 Å². The van der Waals surface area contributed by atoms with Crippen LogP contribution in [0.15, 0.2) is 30.5 Å². The minimum atomic E-state index is -0.696. The highest BCUT2D eigenvalue weighted by Crippen LogP contribution is 2.33. The molecule has 94 valence electrons. The lowest BCUT2D eigenvalue weighted by Crippen LogP contribution is -2.35. The topological polar surface area (TPSA) is 65.1 Å². The number of para-hydroxylation sites is 1. The van der Waals surface area contributed by atoms with Crippen LogP contribution in [-0.2, 0) is 11.2 Å². The van der Waals surface area contributed by atoms with E-state index in [9.17, 15) is 9.90 Å². The van der Waals surface area contributed by atoms with Gasteiger partial charge in [-0.15, -0.1) is 0 Å². The maximum absolute atomic E-state index is 11.5. The number of fused-ring (bicyclic) bond motifs is 1. The van der Waals surface area contributed by atoms with Crippen LogP contribution in [0, 0.1) is 5.41 Å². The van der Waals surface area contributed by atoms with Gasteiger partial charge in [-0.25, -0.2) is 0 Å². The van der Waals surface area contributed by atoms with Crippen molar-refractivity contribution in [2.75, 3.05) is 13.1 Å². The summed E-state index contributed by atoms with van der Waals surface area (Å²) in [5.74, 6) is -0.696. The maximum Gasteiger partial charge on any atom is 0.311 e. The molecule has 1 aliphatic rings. The van der Waals surface area contributed by atoms with Gasteiger partial charge in [0, 0.05) is 23.6 Å². The number of rotatable bonds is 3. The summed E-state index contributed by atoms with van der Waals surface area (Å²) >= 11 is 0. The average molecular weight is 244 g/mol. The summed E-state index contributed by atoms with van der Waals surface area (Å²) in [4.78, 5) is 14.7. The Morgan fingerprint density at radius 2 is 2.22 bits per heavy atom. The molecule has 18 heavy (non-hydrogen) atoms. The number of benzene rings is 1. The quantitative estimate of drug-likeness (QED) is 0.771. The standard InChI is InChI=1S/C14H16N2O2/c17-13(18)14(5-6-15-9-14)7-10-8-16-12-4-2-1-3-11(10)12/h1-4,8,15-16H,5-7,9H2,(H,17,18). The van der Waals surface area contributed by atoms with Crippen molar-refractivity contribution in [2.24, 2.45) is 5.41 Å². The summed E-state index contributed by atoms with van der Waals surface area (Å²) < 4.78 is 0. The molecule has 1 unspecified atom stereocenters. The molecule has 1 saturated heterocycles. The molecule has 1 aliphatic heterocycles. The first-order valence-electron chi connectivity index (χ1n) is 6.20.